The zero-order chi connectivity index (χ0) is 30.5. The van der Waals surface area contributed by atoms with E-state index in [2.05, 4.69) is 182 Å². The molecule has 0 spiro atoms. The summed E-state index contributed by atoms with van der Waals surface area (Å²) in [4.78, 5) is 0. The summed E-state index contributed by atoms with van der Waals surface area (Å²) in [6, 6.07) is 66.5. The largest absolute Gasteiger partial charge is 0.0616 e. The van der Waals surface area contributed by atoms with Crippen molar-refractivity contribution >= 4 is 43.1 Å². The summed E-state index contributed by atoms with van der Waals surface area (Å²) in [5.74, 6) is 0. The minimum absolute atomic E-state index is 1.23. The van der Waals surface area contributed by atoms with Crippen molar-refractivity contribution in [3.63, 3.8) is 0 Å². The molecule has 0 N–H and O–H groups in total. The van der Waals surface area contributed by atoms with Crippen molar-refractivity contribution in [3.05, 3.63) is 182 Å². The van der Waals surface area contributed by atoms with Crippen molar-refractivity contribution in [2.75, 3.05) is 0 Å². The van der Waals surface area contributed by atoms with E-state index in [9.17, 15) is 0 Å². The van der Waals surface area contributed by atoms with Gasteiger partial charge in [-0.25, -0.2) is 0 Å². The van der Waals surface area contributed by atoms with E-state index in [1.807, 2.05) is 0 Å². The lowest BCUT2D eigenvalue weighted by molar-refractivity contribution is 1.62. The maximum Gasteiger partial charge on any atom is -0.00262 e. The molecular weight excluding hydrogens is 553 g/mol. The van der Waals surface area contributed by atoms with E-state index in [1.54, 1.807) is 0 Å². The lowest BCUT2D eigenvalue weighted by atomic mass is 9.85. The van der Waals surface area contributed by atoms with Gasteiger partial charge in [0.25, 0.3) is 0 Å². The van der Waals surface area contributed by atoms with Crippen LogP contribution in [0.1, 0.15) is 0 Å². The van der Waals surface area contributed by atoms with Gasteiger partial charge in [-0.2, -0.15) is 0 Å². The van der Waals surface area contributed by atoms with Crippen LogP contribution in [0.5, 0.6) is 0 Å². The highest BCUT2D eigenvalue weighted by Gasteiger charge is 2.17. The van der Waals surface area contributed by atoms with E-state index < -0.39 is 0 Å². The average molecular weight is 583 g/mol. The van der Waals surface area contributed by atoms with E-state index in [4.69, 9.17) is 0 Å². The standard InChI is InChI=1S/C46H30/c1-3-18-37-31(12-1)14-10-24-39(37)33-26-28-34(29-27-33)45-41-20-5-7-22-43(41)46(44-23-8-6-21-42(44)45)36-17-9-16-35(30-36)40-25-11-15-32-13-2-4-19-38(32)40/h1-30H. The second-order valence-electron chi connectivity index (χ2n) is 12.1. The first-order chi connectivity index (χ1) is 22.8. The maximum absolute atomic E-state index is 2.37. The zero-order valence-corrected chi connectivity index (χ0v) is 25.3. The summed E-state index contributed by atoms with van der Waals surface area (Å²) < 4.78 is 0. The average Bonchev–Trinajstić information content (AvgIpc) is 3.13. The minimum Gasteiger partial charge on any atom is -0.0616 e. The Kier molecular flexibility index (Phi) is 6.25. The zero-order valence-electron chi connectivity index (χ0n) is 25.3. The first-order valence-electron chi connectivity index (χ1n) is 15.9. The van der Waals surface area contributed by atoms with Gasteiger partial charge in [-0.05, 0) is 93.7 Å². The molecule has 0 unspecified atom stereocenters. The Hall–Kier alpha value is -5.98. The summed E-state index contributed by atoms with van der Waals surface area (Å²) >= 11 is 0. The molecule has 0 atom stereocenters. The first-order valence-corrected chi connectivity index (χ1v) is 15.9. The van der Waals surface area contributed by atoms with Crippen LogP contribution in [-0.4, -0.2) is 0 Å². The molecule has 214 valence electrons. The molecule has 0 aliphatic rings. The second-order valence-corrected chi connectivity index (χ2v) is 12.1. The molecule has 0 aliphatic carbocycles. The molecule has 0 aromatic heterocycles. The van der Waals surface area contributed by atoms with E-state index in [0.717, 1.165) is 0 Å². The van der Waals surface area contributed by atoms with E-state index in [1.165, 1.54) is 87.6 Å². The molecular formula is C46H30. The summed E-state index contributed by atoms with van der Waals surface area (Å²) in [5, 5.41) is 10.2. The summed E-state index contributed by atoms with van der Waals surface area (Å²) in [6.07, 6.45) is 0. The molecule has 0 saturated heterocycles. The van der Waals surface area contributed by atoms with Gasteiger partial charge in [0.15, 0.2) is 0 Å². The fourth-order valence-electron chi connectivity index (χ4n) is 7.36. The summed E-state index contributed by atoms with van der Waals surface area (Å²) in [6.45, 7) is 0. The third kappa shape index (κ3) is 4.30. The highest BCUT2D eigenvalue weighted by molar-refractivity contribution is 6.21. The minimum atomic E-state index is 1.23. The second kappa shape index (κ2) is 10.9. The first kappa shape index (κ1) is 26.4. The molecule has 0 bridgehead atoms. The van der Waals surface area contributed by atoms with Gasteiger partial charge in [0.2, 0.25) is 0 Å². The van der Waals surface area contributed by atoms with Gasteiger partial charge in [0, 0.05) is 0 Å². The topological polar surface area (TPSA) is 0 Å². The van der Waals surface area contributed by atoms with Crippen molar-refractivity contribution in [1.82, 2.24) is 0 Å². The van der Waals surface area contributed by atoms with Gasteiger partial charge < -0.3 is 0 Å². The van der Waals surface area contributed by atoms with Gasteiger partial charge in [0.1, 0.15) is 0 Å². The van der Waals surface area contributed by atoms with Crippen LogP contribution in [0.4, 0.5) is 0 Å². The van der Waals surface area contributed by atoms with E-state index in [0.29, 0.717) is 0 Å². The quantitative estimate of drug-likeness (QED) is 0.181. The molecule has 0 amide bonds. The Labute approximate surface area is 268 Å². The van der Waals surface area contributed by atoms with Gasteiger partial charge >= 0.3 is 0 Å². The molecule has 9 aromatic carbocycles. The molecule has 9 aromatic rings. The van der Waals surface area contributed by atoms with Crippen molar-refractivity contribution < 1.29 is 0 Å². The van der Waals surface area contributed by atoms with Crippen LogP contribution >= 0.6 is 0 Å². The maximum atomic E-state index is 2.37. The number of hydrogen-bond donors (Lipinski definition) is 0. The van der Waals surface area contributed by atoms with Crippen LogP contribution in [-0.2, 0) is 0 Å². The number of fused-ring (bicyclic) bond motifs is 4. The fraction of sp³-hybridized carbons (Fsp3) is 0. The molecule has 0 fully saturated rings. The molecule has 0 heteroatoms. The Morgan fingerprint density at radius 2 is 0.587 bits per heavy atom. The van der Waals surface area contributed by atoms with Crippen molar-refractivity contribution in [3.8, 4) is 44.5 Å². The van der Waals surface area contributed by atoms with Gasteiger partial charge in [-0.15, -0.1) is 0 Å². The third-order valence-electron chi connectivity index (χ3n) is 9.46. The summed E-state index contributed by atoms with van der Waals surface area (Å²) in [5.41, 5.74) is 10.0. The van der Waals surface area contributed by atoms with E-state index >= 15 is 0 Å². The molecule has 0 radical (unpaired) electrons. The molecule has 46 heavy (non-hydrogen) atoms. The van der Waals surface area contributed by atoms with Crippen molar-refractivity contribution in [1.29, 1.82) is 0 Å². The monoisotopic (exact) mass is 582 g/mol. The summed E-state index contributed by atoms with van der Waals surface area (Å²) in [7, 11) is 0. The molecule has 9 rings (SSSR count). The number of hydrogen-bond acceptors (Lipinski definition) is 0. The third-order valence-corrected chi connectivity index (χ3v) is 9.46. The highest BCUT2D eigenvalue weighted by Crippen LogP contribution is 2.45. The number of rotatable bonds is 4. The lowest BCUT2D eigenvalue weighted by Gasteiger charge is -2.18. The Morgan fingerprint density at radius 1 is 0.217 bits per heavy atom. The van der Waals surface area contributed by atoms with Crippen molar-refractivity contribution in [2.24, 2.45) is 0 Å². The SMILES string of the molecule is c1cc(-c2cccc3ccccc23)cc(-c2c3ccccc3c(-c3ccc(-c4cccc5ccccc45)cc3)c3ccccc23)c1. The van der Waals surface area contributed by atoms with Crippen LogP contribution < -0.4 is 0 Å². The van der Waals surface area contributed by atoms with Crippen LogP contribution in [0.15, 0.2) is 182 Å². The normalized spacial score (nSPS) is 11.5. The van der Waals surface area contributed by atoms with Gasteiger partial charge in [0.05, 0.1) is 0 Å². The Bertz CT molecular complexity index is 2500. The molecule has 0 heterocycles. The lowest BCUT2D eigenvalue weighted by Crippen LogP contribution is -1.91. The van der Waals surface area contributed by atoms with Gasteiger partial charge in [-0.1, -0.05) is 176 Å². The smallest absolute Gasteiger partial charge is 0.00262 e. The van der Waals surface area contributed by atoms with Crippen LogP contribution in [0.2, 0.25) is 0 Å². The number of benzene rings is 9. The van der Waals surface area contributed by atoms with Crippen molar-refractivity contribution in [2.45, 2.75) is 0 Å². The highest BCUT2D eigenvalue weighted by atomic mass is 14.2. The predicted octanol–water partition coefficient (Wildman–Crippen LogP) is 13.0. The van der Waals surface area contributed by atoms with Gasteiger partial charge in [-0.3, -0.25) is 0 Å². The van der Waals surface area contributed by atoms with Crippen LogP contribution in [0, 0.1) is 0 Å². The predicted molar refractivity (Wildman–Crippen MR) is 198 cm³/mol. The Morgan fingerprint density at radius 3 is 1.13 bits per heavy atom. The fourth-order valence-corrected chi connectivity index (χ4v) is 7.36. The Balaban J connectivity index is 1.24. The molecule has 0 saturated carbocycles. The molecule has 0 aliphatic heterocycles. The molecule has 0 nitrogen and oxygen atoms in total. The van der Waals surface area contributed by atoms with E-state index in [-0.39, 0.29) is 0 Å². The van der Waals surface area contributed by atoms with Crippen LogP contribution in [0.25, 0.3) is 87.6 Å². The van der Waals surface area contributed by atoms with Crippen LogP contribution in [0.3, 0.4) is 0 Å².